The second-order valence-corrected chi connectivity index (χ2v) is 5.23. The Morgan fingerprint density at radius 2 is 2.28 bits per heavy atom. The molecule has 1 aliphatic heterocycles. The number of carbonyl (C=O) groups excluding carboxylic acids is 2. The maximum Gasteiger partial charge on any atom is 0.225 e. The summed E-state index contributed by atoms with van der Waals surface area (Å²) in [6.45, 7) is 1.85. The van der Waals surface area contributed by atoms with Crippen LogP contribution in [0.2, 0.25) is 5.02 Å². The van der Waals surface area contributed by atoms with Crippen LogP contribution >= 0.6 is 23.4 Å². The largest absolute Gasteiger partial charge is 0.291 e. The summed E-state index contributed by atoms with van der Waals surface area (Å²) in [6.07, 6.45) is 0.360. The molecule has 2 rings (SSSR count). The monoisotopic (exact) mass is 282 g/mol. The van der Waals surface area contributed by atoms with Gasteiger partial charge in [-0.3, -0.25) is 14.5 Å². The van der Waals surface area contributed by atoms with Crippen LogP contribution in [0.1, 0.15) is 13.3 Å². The SMILES string of the molecule is CC(=O)N1CCC(=O)SC1=Nc1cccc(Cl)c1. The molecule has 1 saturated heterocycles. The first-order valence-corrected chi connectivity index (χ1v) is 6.59. The molecule has 1 fully saturated rings. The molecule has 0 bridgehead atoms. The normalized spacial score (nSPS) is 18.2. The average Bonchev–Trinajstić information content (AvgIpc) is 2.28. The number of rotatable bonds is 1. The Morgan fingerprint density at radius 1 is 1.50 bits per heavy atom. The van der Waals surface area contributed by atoms with E-state index in [1.165, 1.54) is 11.8 Å². The van der Waals surface area contributed by atoms with Gasteiger partial charge in [0.15, 0.2) is 10.3 Å². The van der Waals surface area contributed by atoms with E-state index in [2.05, 4.69) is 4.99 Å². The van der Waals surface area contributed by atoms with Crippen LogP contribution in [0.3, 0.4) is 0 Å². The fourth-order valence-corrected chi connectivity index (χ4v) is 2.60. The van der Waals surface area contributed by atoms with E-state index in [-0.39, 0.29) is 11.0 Å². The van der Waals surface area contributed by atoms with Crippen molar-refractivity contribution in [3.05, 3.63) is 29.3 Å². The van der Waals surface area contributed by atoms with Crippen molar-refractivity contribution in [2.75, 3.05) is 6.54 Å². The van der Waals surface area contributed by atoms with Gasteiger partial charge in [0.1, 0.15) is 0 Å². The zero-order valence-corrected chi connectivity index (χ0v) is 11.3. The second-order valence-electron chi connectivity index (χ2n) is 3.77. The summed E-state index contributed by atoms with van der Waals surface area (Å²) < 4.78 is 0. The molecule has 0 aliphatic carbocycles. The third-order valence-corrected chi connectivity index (χ3v) is 3.55. The van der Waals surface area contributed by atoms with E-state index in [1.54, 1.807) is 24.3 Å². The first kappa shape index (κ1) is 13.1. The van der Waals surface area contributed by atoms with Crippen molar-refractivity contribution in [3.8, 4) is 0 Å². The molecule has 18 heavy (non-hydrogen) atoms. The van der Waals surface area contributed by atoms with Crippen LogP contribution in [-0.2, 0) is 9.59 Å². The van der Waals surface area contributed by atoms with Gasteiger partial charge in [-0.15, -0.1) is 0 Å². The highest BCUT2D eigenvalue weighted by Gasteiger charge is 2.25. The highest BCUT2D eigenvalue weighted by Crippen LogP contribution is 2.25. The van der Waals surface area contributed by atoms with E-state index in [1.807, 2.05) is 0 Å². The van der Waals surface area contributed by atoms with Gasteiger partial charge >= 0.3 is 0 Å². The lowest BCUT2D eigenvalue weighted by molar-refractivity contribution is -0.125. The first-order chi connectivity index (χ1) is 8.56. The standard InChI is InChI=1S/C12H11ClN2O2S/c1-8(16)15-6-5-11(17)18-12(15)14-10-4-2-3-9(13)7-10/h2-4,7H,5-6H2,1H3. The van der Waals surface area contributed by atoms with Crippen molar-refractivity contribution in [1.82, 2.24) is 4.90 Å². The summed E-state index contributed by atoms with van der Waals surface area (Å²) in [5, 5.41) is 1.01. The van der Waals surface area contributed by atoms with E-state index >= 15 is 0 Å². The second kappa shape index (κ2) is 5.54. The van der Waals surface area contributed by atoms with Gasteiger partial charge in [-0.05, 0) is 30.0 Å². The molecule has 0 unspecified atom stereocenters. The van der Waals surface area contributed by atoms with Gasteiger partial charge in [-0.1, -0.05) is 17.7 Å². The van der Waals surface area contributed by atoms with Gasteiger partial charge in [0, 0.05) is 24.9 Å². The van der Waals surface area contributed by atoms with Crippen molar-refractivity contribution in [2.45, 2.75) is 13.3 Å². The molecule has 4 nitrogen and oxygen atoms in total. The van der Waals surface area contributed by atoms with E-state index < -0.39 is 0 Å². The summed E-state index contributed by atoms with van der Waals surface area (Å²) in [4.78, 5) is 28.7. The summed E-state index contributed by atoms with van der Waals surface area (Å²) >= 11 is 6.86. The quantitative estimate of drug-likeness (QED) is 0.796. The lowest BCUT2D eigenvalue weighted by Gasteiger charge is -2.25. The Morgan fingerprint density at radius 3 is 2.94 bits per heavy atom. The number of aliphatic imine (C=N–C) groups is 1. The molecule has 0 atom stereocenters. The molecule has 1 amide bonds. The number of hydrogen-bond donors (Lipinski definition) is 0. The highest BCUT2D eigenvalue weighted by atomic mass is 35.5. The summed E-state index contributed by atoms with van der Waals surface area (Å²) in [7, 11) is 0. The van der Waals surface area contributed by atoms with Crippen LogP contribution in [0.25, 0.3) is 0 Å². The van der Waals surface area contributed by atoms with E-state index in [9.17, 15) is 9.59 Å². The molecule has 1 heterocycles. The molecule has 0 aromatic heterocycles. The molecule has 0 N–H and O–H groups in total. The molecule has 0 spiro atoms. The zero-order valence-electron chi connectivity index (χ0n) is 9.72. The third-order valence-electron chi connectivity index (χ3n) is 2.39. The van der Waals surface area contributed by atoms with Gasteiger partial charge < -0.3 is 0 Å². The molecule has 6 heteroatoms. The first-order valence-electron chi connectivity index (χ1n) is 5.39. The lowest BCUT2D eigenvalue weighted by Crippen LogP contribution is -2.39. The predicted octanol–water partition coefficient (Wildman–Crippen LogP) is 2.84. The number of amides is 1. The Balaban J connectivity index is 2.32. The van der Waals surface area contributed by atoms with Crippen molar-refractivity contribution >= 4 is 45.2 Å². The Kier molecular flexibility index (Phi) is 4.04. The maximum atomic E-state index is 11.5. The number of benzene rings is 1. The van der Waals surface area contributed by atoms with E-state index in [4.69, 9.17) is 11.6 Å². The minimum atomic E-state index is -0.115. The summed E-state index contributed by atoms with van der Waals surface area (Å²) in [5.74, 6) is -0.115. The molecule has 94 valence electrons. The number of amidine groups is 1. The molecule has 0 radical (unpaired) electrons. The van der Waals surface area contributed by atoms with Crippen molar-refractivity contribution < 1.29 is 9.59 Å². The fourth-order valence-electron chi connectivity index (χ4n) is 1.54. The Bertz CT molecular complexity index is 531. The van der Waals surface area contributed by atoms with Crippen molar-refractivity contribution in [3.63, 3.8) is 0 Å². The highest BCUT2D eigenvalue weighted by molar-refractivity contribution is 8.26. The molecule has 0 saturated carbocycles. The van der Waals surface area contributed by atoms with Gasteiger partial charge in [-0.25, -0.2) is 4.99 Å². The van der Waals surface area contributed by atoms with Gasteiger partial charge in [-0.2, -0.15) is 0 Å². The van der Waals surface area contributed by atoms with Crippen LogP contribution in [0.4, 0.5) is 5.69 Å². The number of halogens is 1. The Hall–Kier alpha value is -1.33. The summed E-state index contributed by atoms with van der Waals surface area (Å²) in [6, 6.07) is 6.98. The lowest BCUT2D eigenvalue weighted by atomic mass is 10.3. The minimum absolute atomic E-state index is 0.0216. The zero-order chi connectivity index (χ0) is 13.1. The molecule has 1 aromatic rings. The van der Waals surface area contributed by atoms with Gasteiger partial charge in [0.05, 0.1) is 5.69 Å². The number of nitrogens with zero attached hydrogens (tertiary/aromatic N) is 2. The smallest absolute Gasteiger partial charge is 0.225 e. The predicted molar refractivity (Wildman–Crippen MR) is 73.1 cm³/mol. The van der Waals surface area contributed by atoms with E-state index in [0.29, 0.717) is 28.8 Å². The summed E-state index contributed by atoms with van der Waals surface area (Å²) in [5.41, 5.74) is 0.631. The molecular formula is C12H11ClN2O2S. The van der Waals surface area contributed by atoms with Crippen molar-refractivity contribution in [1.29, 1.82) is 0 Å². The van der Waals surface area contributed by atoms with Crippen LogP contribution in [0.15, 0.2) is 29.3 Å². The number of hydrogen-bond acceptors (Lipinski definition) is 4. The van der Waals surface area contributed by atoms with Gasteiger partial charge in [0.25, 0.3) is 0 Å². The van der Waals surface area contributed by atoms with Crippen LogP contribution in [0, 0.1) is 0 Å². The van der Waals surface area contributed by atoms with Crippen LogP contribution in [-0.4, -0.2) is 27.6 Å². The fraction of sp³-hybridized carbons (Fsp3) is 0.250. The third kappa shape index (κ3) is 3.11. The van der Waals surface area contributed by atoms with Crippen LogP contribution in [0.5, 0.6) is 0 Å². The van der Waals surface area contributed by atoms with Crippen LogP contribution < -0.4 is 0 Å². The maximum absolute atomic E-state index is 11.5. The molecule has 1 aliphatic rings. The van der Waals surface area contributed by atoms with Gasteiger partial charge in [0.2, 0.25) is 5.91 Å². The van der Waals surface area contributed by atoms with Crippen molar-refractivity contribution in [2.24, 2.45) is 4.99 Å². The molecule has 1 aromatic carbocycles. The minimum Gasteiger partial charge on any atom is -0.291 e. The molecular weight excluding hydrogens is 272 g/mol. The topological polar surface area (TPSA) is 49.7 Å². The number of thioether (sulfide) groups is 1. The van der Waals surface area contributed by atoms with E-state index in [0.717, 1.165) is 11.8 Å². The number of carbonyl (C=O) groups is 2. The Labute approximate surface area is 114 Å². The average molecular weight is 283 g/mol.